The van der Waals surface area contributed by atoms with Crippen molar-refractivity contribution in [1.29, 1.82) is 0 Å². The van der Waals surface area contributed by atoms with Gasteiger partial charge in [0.05, 0.1) is 0 Å². The Bertz CT molecular complexity index is 695. The highest BCUT2D eigenvalue weighted by atomic mass is 28.3. The molecule has 0 saturated carbocycles. The lowest BCUT2D eigenvalue weighted by Gasteiger charge is -2.26. The molecule has 1 heteroatoms. The Balaban J connectivity index is 2.08. The van der Waals surface area contributed by atoms with Gasteiger partial charge in [0.2, 0.25) is 0 Å². The van der Waals surface area contributed by atoms with Crippen molar-refractivity contribution >= 4 is 19.2 Å². The first-order valence-corrected chi connectivity index (χ1v) is 10.3. The third-order valence-corrected chi connectivity index (χ3v) is 8.31. The molecule has 0 saturated heterocycles. The Kier molecular flexibility index (Phi) is 5.09. The van der Waals surface area contributed by atoms with Crippen LogP contribution in [0.25, 0.3) is 0 Å². The molecule has 1 atom stereocenters. The van der Waals surface area contributed by atoms with E-state index in [-0.39, 0.29) is 0 Å². The number of hydrogen-bond donors (Lipinski definition) is 0. The lowest BCUT2D eigenvalue weighted by atomic mass is 10.0. The molecule has 0 spiro atoms. The molecular formula is C22H24Si. The van der Waals surface area contributed by atoms with Gasteiger partial charge in [0.25, 0.3) is 0 Å². The molecular weight excluding hydrogens is 292 g/mol. The molecule has 0 fully saturated rings. The summed E-state index contributed by atoms with van der Waals surface area (Å²) in [4.78, 5) is 0. The molecule has 0 bridgehead atoms. The van der Waals surface area contributed by atoms with E-state index in [2.05, 4.69) is 98.8 Å². The molecule has 0 N–H and O–H groups in total. The lowest BCUT2D eigenvalue weighted by Crippen LogP contribution is -2.46. The fourth-order valence-corrected chi connectivity index (χ4v) is 7.07. The first-order chi connectivity index (χ1) is 11.3. The zero-order valence-electron chi connectivity index (χ0n) is 13.9. The van der Waals surface area contributed by atoms with Crippen molar-refractivity contribution in [2.24, 2.45) is 0 Å². The molecule has 0 aliphatic carbocycles. The van der Waals surface area contributed by atoms with Crippen molar-refractivity contribution in [2.75, 3.05) is 0 Å². The van der Waals surface area contributed by atoms with E-state index in [0.717, 1.165) is 6.42 Å². The SMILES string of the molecule is CCc1ccccc1C(C)[SiH](c1ccccc1)c1ccccc1. The third-order valence-electron chi connectivity index (χ3n) is 4.74. The molecule has 0 aliphatic heterocycles. The summed E-state index contributed by atoms with van der Waals surface area (Å²) in [5.41, 5.74) is 3.60. The molecule has 116 valence electrons. The number of hydrogen-bond acceptors (Lipinski definition) is 0. The Hall–Kier alpha value is -2.12. The molecule has 0 heterocycles. The van der Waals surface area contributed by atoms with E-state index in [1.54, 1.807) is 0 Å². The number of rotatable bonds is 5. The van der Waals surface area contributed by atoms with Gasteiger partial charge in [-0.15, -0.1) is 0 Å². The predicted octanol–water partition coefficient (Wildman–Crippen LogP) is 3.93. The van der Waals surface area contributed by atoms with E-state index < -0.39 is 8.80 Å². The van der Waals surface area contributed by atoms with Crippen LogP contribution in [0.15, 0.2) is 84.9 Å². The number of aryl methyl sites for hydroxylation is 1. The standard InChI is InChI=1S/C22H24Si/c1-3-19-12-10-11-17-22(19)18(2)23(20-13-6-4-7-14-20)21-15-8-5-9-16-21/h4-18,23H,3H2,1-2H3. The van der Waals surface area contributed by atoms with E-state index in [1.165, 1.54) is 21.5 Å². The smallest absolute Gasteiger partial charge is 0.0629 e. The topological polar surface area (TPSA) is 0 Å². The van der Waals surface area contributed by atoms with Crippen LogP contribution >= 0.6 is 0 Å². The van der Waals surface area contributed by atoms with Gasteiger partial charge in [-0.25, -0.2) is 0 Å². The summed E-state index contributed by atoms with van der Waals surface area (Å²) in [6.07, 6.45) is 1.10. The summed E-state index contributed by atoms with van der Waals surface area (Å²) in [5.74, 6) is 0. The largest absolute Gasteiger partial charge is 0.110 e. The monoisotopic (exact) mass is 316 g/mol. The van der Waals surface area contributed by atoms with Crippen molar-refractivity contribution in [3.8, 4) is 0 Å². The maximum absolute atomic E-state index is 2.42. The van der Waals surface area contributed by atoms with Gasteiger partial charge in [-0.2, -0.15) is 0 Å². The van der Waals surface area contributed by atoms with Crippen LogP contribution in [-0.2, 0) is 6.42 Å². The van der Waals surface area contributed by atoms with Crippen molar-refractivity contribution in [1.82, 2.24) is 0 Å². The molecule has 3 aromatic rings. The highest BCUT2D eigenvalue weighted by molar-refractivity contribution is 6.86. The van der Waals surface area contributed by atoms with Gasteiger partial charge >= 0.3 is 0 Å². The van der Waals surface area contributed by atoms with Gasteiger partial charge in [0.1, 0.15) is 8.80 Å². The lowest BCUT2D eigenvalue weighted by molar-refractivity contribution is 0.993. The van der Waals surface area contributed by atoms with Crippen LogP contribution in [-0.4, -0.2) is 8.80 Å². The molecule has 0 radical (unpaired) electrons. The quantitative estimate of drug-likeness (QED) is 0.626. The molecule has 0 aromatic heterocycles. The Morgan fingerprint density at radius 1 is 0.696 bits per heavy atom. The third kappa shape index (κ3) is 3.46. The van der Waals surface area contributed by atoms with Crippen LogP contribution in [0.4, 0.5) is 0 Å². The number of benzene rings is 3. The van der Waals surface area contributed by atoms with E-state index in [9.17, 15) is 0 Å². The van der Waals surface area contributed by atoms with Crippen LogP contribution in [0.2, 0.25) is 0 Å². The highest BCUT2D eigenvalue weighted by Gasteiger charge is 2.25. The van der Waals surface area contributed by atoms with E-state index in [1.807, 2.05) is 0 Å². The summed E-state index contributed by atoms with van der Waals surface area (Å²) in [5, 5.41) is 3.05. The minimum atomic E-state index is -1.31. The van der Waals surface area contributed by atoms with Gasteiger partial charge in [0.15, 0.2) is 0 Å². The second-order valence-electron chi connectivity index (χ2n) is 6.14. The van der Waals surface area contributed by atoms with Crippen molar-refractivity contribution in [2.45, 2.75) is 25.8 Å². The fraction of sp³-hybridized carbons (Fsp3) is 0.182. The fourth-order valence-electron chi connectivity index (χ4n) is 3.57. The summed E-state index contributed by atoms with van der Waals surface area (Å²) in [6.45, 7) is 4.68. The average Bonchev–Trinajstić information content (AvgIpc) is 2.63. The molecule has 0 amide bonds. The van der Waals surface area contributed by atoms with E-state index >= 15 is 0 Å². The summed E-state index contributed by atoms with van der Waals surface area (Å²) in [7, 11) is -1.31. The Labute approximate surface area is 141 Å². The van der Waals surface area contributed by atoms with E-state index in [4.69, 9.17) is 0 Å². The van der Waals surface area contributed by atoms with Gasteiger partial charge in [-0.05, 0) is 23.1 Å². The predicted molar refractivity (Wildman–Crippen MR) is 104 cm³/mol. The minimum Gasteiger partial charge on any atom is -0.0629 e. The molecule has 23 heavy (non-hydrogen) atoms. The van der Waals surface area contributed by atoms with Crippen molar-refractivity contribution in [3.63, 3.8) is 0 Å². The summed E-state index contributed by atoms with van der Waals surface area (Å²) >= 11 is 0. The molecule has 1 unspecified atom stereocenters. The Morgan fingerprint density at radius 2 is 1.17 bits per heavy atom. The maximum Gasteiger partial charge on any atom is 0.110 e. The van der Waals surface area contributed by atoms with E-state index in [0.29, 0.717) is 5.54 Å². The van der Waals surface area contributed by atoms with Gasteiger partial charge < -0.3 is 0 Å². The van der Waals surface area contributed by atoms with Gasteiger partial charge in [-0.3, -0.25) is 0 Å². The summed E-state index contributed by atoms with van der Waals surface area (Å²) < 4.78 is 0. The zero-order valence-corrected chi connectivity index (χ0v) is 15.1. The Morgan fingerprint density at radius 3 is 1.70 bits per heavy atom. The normalized spacial score (nSPS) is 12.3. The van der Waals surface area contributed by atoms with Crippen LogP contribution in [0.3, 0.4) is 0 Å². The van der Waals surface area contributed by atoms with Crippen LogP contribution in [0.5, 0.6) is 0 Å². The zero-order chi connectivity index (χ0) is 16.1. The second-order valence-corrected chi connectivity index (χ2v) is 9.43. The van der Waals surface area contributed by atoms with Crippen LogP contribution in [0, 0.1) is 0 Å². The first-order valence-electron chi connectivity index (χ1n) is 8.49. The molecule has 3 rings (SSSR count). The highest BCUT2D eigenvalue weighted by Crippen LogP contribution is 2.23. The molecule has 3 aromatic carbocycles. The van der Waals surface area contributed by atoms with Crippen LogP contribution in [0.1, 0.15) is 30.5 Å². The van der Waals surface area contributed by atoms with Gasteiger partial charge in [0, 0.05) is 0 Å². The minimum absolute atomic E-state index is 0.580. The first kappa shape index (κ1) is 15.8. The molecule has 0 aliphatic rings. The summed E-state index contributed by atoms with van der Waals surface area (Å²) in [6, 6.07) is 31.2. The maximum atomic E-state index is 2.42. The van der Waals surface area contributed by atoms with Gasteiger partial charge in [-0.1, -0.05) is 109 Å². The van der Waals surface area contributed by atoms with Crippen molar-refractivity contribution in [3.05, 3.63) is 96.1 Å². The average molecular weight is 317 g/mol. The molecule has 0 nitrogen and oxygen atoms in total. The second kappa shape index (κ2) is 7.43. The van der Waals surface area contributed by atoms with Crippen molar-refractivity contribution < 1.29 is 0 Å². The van der Waals surface area contributed by atoms with Crippen LogP contribution < -0.4 is 10.4 Å².